The fourth-order valence-electron chi connectivity index (χ4n) is 3.47. The topological polar surface area (TPSA) is 66.5 Å². The Hall–Kier alpha value is -2.15. The van der Waals surface area contributed by atoms with Crippen LogP contribution in [0.4, 0.5) is 5.69 Å². The molecule has 1 saturated heterocycles. The van der Waals surface area contributed by atoms with Crippen molar-refractivity contribution < 1.29 is 13.2 Å². The van der Waals surface area contributed by atoms with Crippen molar-refractivity contribution in [3.05, 3.63) is 65.2 Å². The van der Waals surface area contributed by atoms with Crippen LogP contribution in [0.15, 0.2) is 59.5 Å². The first-order chi connectivity index (χ1) is 13.9. The molecule has 29 heavy (non-hydrogen) atoms. The van der Waals surface area contributed by atoms with E-state index in [4.69, 9.17) is 11.6 Å². The van der Waals surface area contributed by atoms with Crippen LogP contribution in [0.1, 0.15) is 38.2 Å². The number of anilines is 1. The molecule has 5 nitrogen and oxygen atoms in total. The van der Waals surface area contributed by atoms with Gasteiger partial charge in [-0.25, -0.2) is 8.42 Å². The maximum absolute atomic E-state index is 13.0. The van der Waals surface area contributed by atoms with Crippen LogP contribution in [0, 0.1) is 0 Å². The first kappa shape index (κ1) is 21.6. The van der Waals surface area contributed by atoms with E-state index in [-0.39, 0.29) is 16.8 Å². The molecule has 154 valence electrons. The molecule has 1 unspecified atom stereocenters. The highest BCUT2D eigenvalue weighted by molar-refractivity contribution is 7.89. The molecule has 1 amide bonds. The molecule has 0 radical (unpaired) electrons. The van der Waals surface area contributed by atoms with Gasteiger partial charge in [-0.05, 0) is 67.3 Å². The van der Waals surface area contributed by atoms with Crippen LogP contribution >= 0.6 is 11.6 Å². The van der Waals surface area contributed by atoms with Crippen LogP contribution in [0.25, 0.3) is 6.08 Å². The Bertz CT molecular complexity index is 970. The van der Waals surface area contributed by atoms with Crippen LogP contribution in [0.2, 0.25) is 5.02 Å². The lowest BCUT2D eigenvalue weighted by molar-refractivity contribution is -0.111. The molecule has 0 aromatic heterocycles. The van der Waals surface area contributed by atoms with E-state index in [1.807, 2.05) is 19.1 Å². The van der Waals surface area contributed by atoms with E-state index in [9.17, 15) is 13.2 Å². The lowest BCUT2D eigenvalue weighted by Crippen LogP contribution is -2.43. The minimum absolute atomic E-state index is 0.0612. The molecule has 1 N–H and O–H groups in total. The van der Waals surface area contributed by atoms with Crippen molar-refractivity contribution >= 4 is 39.3 Å². The summed E-state index contributed by atoms with van der Waals surface area (Å²) >= 11 is 5.84. The van der Waals surface area contributed by atoms with E-state index in [0.717, 1.165) is 31.2 Å². The van der Waals surface area contributed by atoms with Gasteiger partial charge in [0.05, 0.1) is 4.90 Å². The molecule has 1 aliphatic rings. The fourth-order valence-corrected chi connectivity index (χ4v) is 5.37. The number of hydrogen-bond donors (Lipinski definition) is 1. The number of benzene rings is 2. The van der Waals surface area contributed by atoms with Gasteiger partial charge in [-0.1, -0.05) is 37.1 Å². The maximum Gasteiger partial charge on any atom is 0.248 e. The predicted molar refractivity (Wildman–Crippen MR) is 117 cm³/mol. The lowest BCUT2D eigenvalue weighted by atomic mass is 10.0. The van der Waals surface area contributed by atoms with Crippen molar-refractivity contribution in [3.63, 3.8) is 0 Å². The number of nitrogens with zero attached hydrogens (tertiary/aromatic N) is 1. The van der Waals surface area contributed by atoms with Gasteiger partial charge < -0.3 is 5.32 Å². The number of sulfonamides is 1. The number of carbonyl (C=O) groups excluding carboxylic acids is 1. The van der Waals surface area contributed by atoms with E-state index in [1.54, 1.807) is 46.8 Å². The van der Waals surface area contributed by atoms with Gasteiger partial charge in [-0.2, -0.15) is 4.31 Å². The lowest BCUT2D eigenvalue weighted by Gasteiger charge is -2.34. The summed E-state index contributed by atoms with van der Waals surface area (Å²) < 4.78 is 27.6. The van der Waals surface area contributed by atoms with Crippen LogP contribution in [-0.4, -0.2) is 31.2 Å². The SMILES string of the molecule is CCC1CCCCN1S(=O)(=O)c1ccc(NC(=O)/C=C/c2ccc(Cl)cc2)cc1. The van der Waals surface area contributed by atoms with E-state index < -0.39 is 10.0 Å². The molecule has 0 aliphatic carbocycles. The third-order valence-electron chi connectivity index (χ3n) is 5.07. The molecule has 1 fully saturated rings. The molecule has 0 saturated carbocycles. The number of hydrogen-bond acceptors (Lipinski definition) is 3. The third-order valence-corrected chi connectivity index (χ3v) is 7.29. The summed E-state index contributed by atoms with van der Waals surface area (Å²) in [5.74, 6) is -0.294. The normalized spacial score (nSPS) is 18.1. The van der Waals surface area contributed by atoms with Gasteiger partial charge in [-0.15, -0.1) is 0 Å². The minimum Gasteiger partial charge on any atom is -0.323 e. The molecular formula is C22H25ClN2O3S. The number of halogens is 1. The minimum atomic E-state index is -3.52. The highest BCUT2D eigenvalue weighted by atomic mass is 35.5. The molecule has 1 atom stereocenters. The van der Waals surface area contributed by atoms with Crippen molar-refractivity contribution in [1.29, 1.82) is 0 Å². The van der Waals surface area contributed by atoms with E-state index in [0.29, 0.717) is 17.3 Å². The number of carbonyl (C=O) groups is 1. The molecular weight excluding hydrogens is 408 g/mol. The smallest absolute Gasteiger partial charge is 0.248 e. The Labute approximate surface area is 177 Å². The fraction of sp³-hybridized carbons (Fsp3) is 0.318. The third kappa shape index (κ3) is 5.47. The molecule has 0 spiro atoms. The summed E-state index contributed by atoms with van der Waals surface area (Å²) in [6.45, 7) is 2.59. The highest BCUT2D eigenvalue weighted by Gasteiger charge is 2.32. The first-order valence-electron chi connectivity index (χ1n) is 9.76. The number of rotatable bonds is 6. The second-order valence-corrected chi connectivity index (χ2v) is 9.40. The zero-order valence-corrected chi connectivity index (χ0v) is 17.9. The Balaban J connectivity index is 1.66. The quantitative estimate of drug-likeness (QED) is 0.657. The zero-order chi connectivity index (χ0) is 20.9. The average molecular weight is 433 g/mol. The summed E-state index contributed by atoms with van der Waals surface area (Å²) in [6.07, 6.45) is 6.79. The van der Waals surface area contributed by atoms with E-state index >= 15 is 0 Å². The second-order valence-electron chi connectivity index (χ2n) is 7.07. The highest BCUT2D eigenvalue weighted by Crippen LogP contribution is 2.27. The van der Waals surface area contributed by atoms with Gasteiger partial charge in [0.1, 0.15) is 0 Å². The van der Waals surface area contributed by atoms with Crippen molar-refractivity contribution in [3.8, 4) is 0 Å². The van der Waals surface area contributed by atoms with Crippen molar-refractivity contribution in [2.24, 2.45) is 0 Å². The Kier molecular flexibility index (Phi) is 7.11. The summed E-state index contributed by atoms with van der Waals surface area (Å²) in [4.78, 5) is 12.4. The van der Waals surface area contributed by atoms with Crippen LogP contribution < -0.4 is 5.32 Å². The molecule has 3 rings (SSSR count). The van der Waals surface area contributed by atoms with Gasteiger partial charge >= 0.3 is 0 Å². The second kappa shape index (κ2) is 9.57. The molecule has 2 aromatic carbocycles. The average Bonchev–Trinajstić information content (AvgIpc) is 2.73. The van der Waals surface area contributed by atoms with Crippen LogP contribution in [0.3, 0.4) is 0 Å². The van der Waals surface area contributed by atoms with E-state index in [2.05, 4.69) is 5.32 Å². The molecule has 1 heterocycles. The van der Waals surface area contributed by atoms with Gasteiger partial charge in [0.15, 0.2) is 0 Å². The van der Waals surface area contributed by atoms with E-state index in [1.165, 1.54) is 6.08 Å². The van der Waals surface area contributed by atoms with Crippen LogP contribution in [-0.2, 0) is 14.8 Å². The molecule has 2 aromatic rings. The van der Waals surface area contributed by atoms with Crippen molar-refractivity contribution in [1.82, 2.24) is 4.31 Å². The Morgan fingerprint density at radius 1 is 1.14 bits per heavy atom. The Morgan fingerprint density at radius 2 is 1.83 bits per heavy atom. The van der Waals surface area contributed by atoms with Crippen molar-refractivity contribution in [2.75, 3.05) is 11.9 Å². The van der Waals surface area contributed by atoms with Crippen molar-refractivity contribution in [2.45, 2.75) is 43.5 Å². The largest absolute Gasteiger partial charge is 0.323 e. The molecule has 0 bridgehead atoms. The summed E-state index contributed by atoms with van der Waals surface area (Å²) in [6, 6.07) is 13.5. The van der Waals surface area contributed by atoms with Gasteiger partial charge in [-0.3, -0.25) is 4.79 Å². The maximum atomic E-state index is 13.0. The standard InChI is InChI=1S/C22H25ClN2O3S/c1-2-20-5-3-4-16-25(20)29(27,28)21-13-11-19(12-14-21)24-22(26)15-8-17-6-9-18(23)10-7-17/h6-15,20H,2-5,16H2,1H3,(H,24,26)/b15-8+. The van der Waals surface area contributed by atoms with Gasteiger partial charge in [0.25, 0.3) is 0 Å². The first-order valence-corrected chi connectivity index (χ1v) is 11.6. The number of piperidine rings is 1. The summed E-state index contributed by atoms with van der Waals surface area (Å²) in [5.41, 5.74) is 1.40. The van der Waals surface area contributed by atoms with Gasteiger partial charge in [0, 0.05) is 29.4 Å². The summed E-state index contributed by atoms with van der Waals surface area (Å²) in [5, 5.41) is 3.38. The molecule has 1 aliphatic heterocycles. The predicted octanol–water partition coefficient (Wildman–Crippen LogP) is 4.95. The summed E-state index contributed by atoms with van der Waals surface area (Å²) in [7, 11) is -3.52. The van der Waals surface area contributed by atoms with Gasteiger partial charge in [0.2, 0.25) is 15.9 Å². The number of amides is 1. The van der Waals surface area contributed by atoms with Crippen LogP contribution in [0.5, 0.6) is 0 Å². The zero-order valence-electron chi connectivity index (χ0n) is 16.3. The Morgan fingerprint density at radius 3 is 2.48 bits per heavy atom. The number of nitrogens with one attached hydrogen (secondary N) is 1. The monoisotopic (exact) mass is 432 g/mol. The molecule has 7 heteroatoms.